The first-order valence-electron chi connectivity index (χ1n) is 10.2. The molecule has 7 nitrogen and oxygen atoms in total. The molecule has 1 aromatic carbocycles. The number of fused-ring (bicyclic) bond motifs is 1. The van der Waals surface area contributed by atoms with E-state index in [2.05, 4.69) is 22.6 Å². The minimum atomic E-state index is -3.65. The Bertz CT molecular complexity index is 987. The Labute approximate surface area is 171 Å². The van der Waals surface area contributed by atoms with Gasteiger partial charge in [-0.05, 0) is 57.1 Å². The summed E-state index contributed by atoms with van der Waals surface area (Å²) in [6.07, 6.45) is 4.10. The fraction of sp³-hybridized carbons (Fsp3) is 0.524. The van der Waals surface area contributed by atoms with Crippen molar-refractivity contribution in [1.29, 1.82) is 0 Å². The van der Waals surface area contributed by atoms with Gasteiger partial charge in [-0.25, -0.2) is 8.42 Å². The number of rotatable bonds is 4. The molecule has 2 heterocycles. The van der Waals surface area contributed by atoms with Gasteiger partial charge in [-0.15, -0.1) is 0 Å². The highest BCUT2D eigenvalue weighted by Gasteiger charge is 2.36. The maximum absolute atomic E-state index is 12.9. The number of benzene rings is 1. The fourth-order valence-electron chi connectivity index (χ4n) is 4.52. The molecule has 0 unspecified atom stereocenters. The van der Waals surface area contributed by atoms with Gasteiger partial charge < -0.3 is 9.84 Å². The molecule has 1 aliphatic carbocycles. The predicted molar refractivity (Wildman–Crippen MR) is 108 cm³/mol. The molecule has 1 aliphatic heterocycles. The third-order valence-electron chi connectivity index (χ3n) is 6.08. The van der Waals surface area contributed by atoms with Gasteiger partial charge >= 0.3 is 0 Å². The van der Waals surface area contributed by atoms with E-state index in [0.29, 0.717) is 37.4 Å². The zero-order valence-electron chi connectivity index (χ0n) is 16.8. The maximum atomic E-state index is 12.9. The SMILES string of the molecule is Cc1noc(C)c1S(=O)(=O)N1CCC(C(=O)N[C@H]2CCCc3ccccc32)CC1. The van der Waals surface area contributed by atoms with Gasteiger partial charge in [0.15, 0.2) is 5.76 Å². The van der Waals surface area contributed by atoms with Crippen molar-refractivity contribution >= 4 is 15.9 Å². The van der Waals surface area contributed by atoms with Crippen LogP contribution in [0.5, 0.6) is 0 Å². The molecule has 156 valence electrons. The number of amides is 1. The summed E-state index contributed by atoms with van der Waals surface area (Å²) < 4.78 is 32.4. The van der Waals surface area contributed by atoms with Crippen LogP contribution in [0.3, 0.4) is 0 Å². The van der Waals surface area contributed by atoms with Crippen LogP contribution in [0, 0.1) is 19.8 Å². The number of piperidine rings is 1. The normalized spacial score (nSPS) is 21.0. The number of carbonyl (C=O) groups is 1. The van der Waals surface area contributed by atoms with Crippen molar-refractivity contribution in [3.63, 3.8) is 0 Å². The molecule has 8 heteroatoms. The molecule has 0 bridgehead atoms. The van der Waals surface area contributed by atoms with E-state index in [4.69, 9.17) is 4.52 Å². The molecule has 1 saturated heterocycles. The molecular formula is C21H27N3O4S. The van der Waals surface area contributed by atoms with Crippen LogP contribution in [-0.2, 0) is 21.2 Å². The van der Waals surface area contributed by atoms with E-state index in [1.807, 2.05) is 12.1 Å². The number of hydrogen-bond donors (Lipinski definition) is 1. The minimum absolute atomic E-state index is 0.0288. The van der Waals surface area contributed by atoms with E-state index in [1.54, 1.807) is 13.8 Å². The van der Waals surface area contributed by atoms with Crippen LogP contribution in [-0.4, -0.2) is 36.9 Å². The summed E-state index contributed by atoms with van der Waals surface area (Å²) in [4.78, 5) is 13.0. The Morgan fingerprint density at radius 1 is 1.17 bits per heavy atom. The average molecular weight is 418 g/mol. The number of carbonyl (C=O) groups excluding carboxylic acids is 1. The molecule has 1 N–H and O–H groups in total. The highest BCUT2D eigenvalue weighted by molar-refractivity contribution is 7.89. The van der Waals surface area contributed by atoms with Gasteiger partial charge in [0.1, 0.15) is 10.6 Å². The molecule has 2 aliphatic rings. The van der Waals surface area contributed by atoms with Gasteiger partial charge in [-0.1, -0.05) is 29.4 Å². The zero-order valence-corrected chi connectivity index (χ0v) is 17.7. The van der Waals surface area contributed by atoms with Crippen molar-refractivity contribution in [2.45, 2.75) is 56.9 Å². The van der Waals surface area contributed by atoms with Crippen molar-refractivity contribution < 1.29 is 17.7 Å². The third-order valence-corrected chi connectivity index (χ3v) is 8.22. The second-order valence-corrected chi connectivity index (χ2v) is 9.86. The number of aryl methyl sites for hydroxylation is 3. The lowest BCUT2D eigenvalue weighted by molar-refractivity contribution is -0.127. The largest absolute Gasteiger partial charge is 0.360 e. The summed E-state index contributed by atoms with van der Waals surface area (Å²) in [7, 11) is -3.65. The summed E-state index contributed by atoms with van der Waals surface area (Å²) in [5.41, 5.74) is 2.90. The molecule has 29 heavy (non-hydrogen) atoms. The van der Waals surface area contributed by atoms with Gasteiger partial charge in [0.05, 0.1) is 6.04 Å². The quantitative estimate of drug-likeness (QED) is 0.826. The molecule has 0 radical (unpaired) electrons. The van der Waals surface area contributed by atoms with E-state index in [-0.39, 0.29) is 22.8 Å². The van der Waals surface area contributed by atoms with Crippen LogP contribution in [0.4, 0.5) is 0 Å². The van der Waals surface area contributed by atoms with Crippen LogP contribution in [0.2, 0.25) is 0 Å². The number of nitrogens with zero attached hydrogens (tertiary/aromatic N) is 2. The maximum Gasteiger partial charge on any atom is 0.248 e. The fourth-order valence-corrected chi connectivity index (χ4v) is 6.28. The van der Waals surface area contributed by atoms with Gasteiger partial charge in [-0.2, -0.15) is 4.31 Å². The molecular weight excluding hydrogens is 390 g/mol. The van der Waals surface area contributed by atoms with Gasteiger partial charge in [-0.3, -0.25) is 4.79 Å². The van der Waals surface area contributed by atoms with E-state index in [0.717, 1.165) is 19.3 Å². The van der Waals surface area contributed by atoms with Crippen LogP contribution >= 0.6 is 0 Å². The second-order valence-electron chi connectivity index (χ2n) is 7.98. The van der Waals surface area contributed by atoms with Gasteiger partial charge in [0.2, 0.25) is 15.9 Å². The average Bonchev–Trinajstić information content (AvgIpc) is 3.07. The Kier molecular flexibility index (Phi) is 5.48. The van der Waals surface area contributed by atoms with Gasteiger partial charge in [0.25, 0.3) is 0 Å². The first-order valence-corrected chi connectivity index (χ1v) is 11.6. The number of sulfonamides is 1. The molecule has 1 amide bonds. The van der Waals surface area contributed by atoms with Gasteiger partial charge in [0, 0.05) is 19.0 Å². The Morgan fingerprint density at radius 2 is 1.90 bits per heavy atom. The van der Waals surface area contributed by atoms with Crippen molar-refractivity contribution in [2.24, 2.45) is 5.92 Å². The Morgan fingerprint density at radius 3 is 2.59 bits per heavy atom. The molecule has 1 atom stereocenters. The molecule has 1 aromatic heterocycles. The summed E-state index contributed by atoms with van der Waals surface area (Å²) in [5.74, 6) is 0.166. The molecule has 0 spiro atoms. The lowest BCUT2D eigenvalue weighted by Gasteiger charge is -2.32. The highest BCUT2D eigenvalue weighted by Crippen LogP contribution is 2.31. The number of aromatic nitrogens is 1. The molecule has 0 saturated carbocycles. The van der Waals surface area contributed by atoms with Crippen molar-refractivity contribution in [3.8, 4) is 0 Å². The van der Waals surface area contributed by atoms with Crippen LogP contribution in [0.15, 0.2) is 33.7 Å². The summed E-state index contributed by atoms with van der Waals surface area (Å²) in [6, 6.07) is 8.33. The lowest BCUT2D eigenvalue weighted by atomic mass is 9.87. The Hall–Kier alpha value is -2.19. The monoisotopic (exact) mass is 417 g/mol. The van der Waals surface area contributed by atoms with E-state index in [1.165, 1.54) is 15.4 Å². The summed E-state index contributed by atoms with van der Waals surface area (Å²) in [5, 5.41) is 6.97. The van der Waals surface area contributed by atoms with E-state index < -0.39 is 10.0 Å². The smallest absolute Gasteiger partial charge is 0.248 e. The first-order chi connectivity index (χ1) is 13.9. The topological polar surface area (TPSA) is 92.5 Å². The lowest BCUT2D eigenvalue weighted by Crippen LogP contribution is -2.44. The summed E-state index contributed by atoms with van der Waals surface area (Å²) >= 11 is 0. The molecule has 4 rings (SSSR count). The second kappa shape index (κ2) is 7.91. The van der Waals surface area contributed by atoms with E-state index in [9.17, 15) is 13.2 Å². The first kappa shape index (κ1) is 20.1. The van der Waals surface area contributed by atoms with Crippen LogP contribution in [0.1, 0.15) is 54.3 Å². The van der Waals surface area contributed by atoms with Crippen molar-refractivity contribution in [3.05, 3.63) is 46.8 Å². The Balaban J connectivity index is 1.40. The number of nitrogens with one attached hydrogen (secondary N) is 1. The predicted octanol–water partition coefficient (Wildman–Crippen LogP) is 2.89. The molecule has 1 fully saturated rings. The van der Waals surface area contributed by atoms with E-state index >= 15 is 0 Å². The third kappa shape index (κ3) is 3.83. The van der Waals surface area contributed by atoms with Crippen LogP contribution in [0.25, 0.3) is 0 Å². The zero-order chi connectivity index (χ0) is 20.6. The summed E-state index contributed by atoms with van der Waals surface area (Å²) in [6.45, 7) is 3.89. The standard InChI is InChI=1S/C21H27N3O4S/c1-14-20(15(2)28-23-14)29(26,27)24-12-10-17(11-13-24)21(25)22-19-9-5-7-16-6-3-4-8-18(16)19/h3-4,6,8,17,19H,5,7,9-13H2,1-2H3,(H,22,25)/t19-/m0/s1. The highest BCUT2D eigenvalue weighted by atomic mass is 32.2. The van der Waals surface area contributed by atoms with Crippen LogP contribution < -0.4 is 5.32 Å². The van der Waals surface area contributed by atoms with Crippen molar-refractivity contribution in [1.82, 2.24) is 14.8 Å². The molecule has 2 aromatic rings. The number of hydrogen-bond acceptors (Lipinski definition) is 5. The van der Waals surface area contributed by atoms with Crippen molar-refractivity contribution in [2.75, 3.05) is 13.1 Å². The minimum Gasteiger partial charge on any atom is -0.360 e.